The van der Waals surface area contributed by atoms with Gasteiger partial charge in [-0.25, -0.2) is 13.1 Å². The van der Waals surface area contributed by atoms with Gasteiger partial charge in [0, 0.05) is 29.1 Å². The van der Waals surface area contributed by atoms with Gasteiger partial charge in [-0.2, -0.15) is 0 Å². The van der Waals surface area contributed by atoms with E-state index in [0.29, 0.717) is 37.7 Å². The molecular formula is C31H37ClN2O5S. The number of aliphatic hydroxyl groups excluding tert-OH is 1. The first kappa shape index (κ1) is 27.6. The van der Waals surface area contributed by atoms with Crippen LogP contribution in [-0.2, 0) is 21.9 Å². The summed E-state index contributed by atoms with van der Waals surface area (Å²) in [4.78, 5) is 15.5. The van der Waals surface area contributed by atoms with Crippen LogP contribution in [0.1, 0.15) is 66.9 Å². The topological polar surface area (TPSA) is 95.9 Å². The molecule has 2 aliphatic heterocycles. The first-order chi connectivity index (χ1) is 19.1. The van der Waals surface area contributed by atoms with Gasteiger partial charge < -0.3 is 14.7 Å². The Hall–Kier alpha value is -2.55. The number of amides is 1. The predicted octanol–water partition coefficient (Wildman–Crippen LogP) is 5.00. The lowest BCUT2D eigenvalue weighted by Gasteiger charge is -2.45. The van der Waals surface area contributed by atoms with E-state index in [1.54, 1.807) is 25.1 Å². The van der Waals surface area contributed by atoms with Gasteiger partial charge in [0.25, 0.3) is 5.91 Å². The van der Waals surface area contributed by atoms with Crippen molar-refractivity contribution in [1.29, 1.82) is 0 Å². The number of aliphatic hydroxyl groups is 1. The molecule has 1 spiro atoms. The molecule has 2 aliphatic carbocycles. The number of rotatable bonds is 0. The molecule has 40 heavy (non-hydrogen) atoms. The number of aryl methyl sites for hydroxylation is 1. The molecule has 0 aromatic heterocycles. The van der Waals surface area contributed by atoms with Crippen LogP contribution in [0, 0.1) is 11.8 Å². The molecule has 1 fully saturated rings. The highest BCUT2D eigenvalue weighted by atomic mass is 35.5. The van der Waals surface area contributed by atoms with Gasteiger partial charge in [-0.05, 0) is 105 Å². The van der Waals surface area contributed by atoms with Crippen LogP contribution in [-0.4, -0.2) is 50.5 Å². The van der Waals surface area contributed by atoms with Crippen molar-refractivity contribution >= 4 is 33.2 Å². The SMILES string of the molecule is C[C@H]1CC/C=C/[C@H](O)[C@@H]2CC[C@H]2CN2C[C@@]3(CCCc4cc(Cl)ccc43)COc3ccc(cc32)C(=O)NS1(=O)=O. The summed E-state index contributed by atoms with van der Waals surface area (Å²) >= 11 is 6.37. The Morgan fingerprint density at radius 1 is 1.15 bits per heavy atom. The second kappa shape index (κ2) is 10.7. The zero-order valence-electron chi connectivity index (χ0n) is 22.8. The van der Waals surface area contributed by atoms with Crippen LogP contribution < -0.4 is 14.4 Å². The third kappa shape index (κ3) is 5.14. The van der Waals surface area contributed by atoms with Crippen LogP contribution >= 0.6 is 11.6 Å². The first-order valence-corrected chi connectivity index (χ1v) is 16.3. The number of carbonyl (C=O) groups is 1. The van der Waals surface area contributed by atoms with Crippen molar-refractivity contribution in [3.8, 4) is 5.75 Å². The fourth-order valence-corrected chi connectivity index (χ4v) is 8.18. The Labute approximate surface area is 241 Å². The van der Waals surface area contributed by atoms with E-state index >= 15 is 0 Å². The summed E-state index contributed by atoms with van der Waals surface area (Å²) in [6.07, 6.45) is 8.95. The van der Waals surface area contributed by atoms with Crippen molar-refractivity contribution in [2.24, 2.45) is 11.8 Å². The van der Waals surface area contributed by atoms with E-state index in [9.17, 15) is 18.3 Å². The standard InChI is InChI=1S/C31H37ClN2O5S/c1-20-5-2-3-7-28(35)25-11-8-23(25)17-34-18-31(14-4-6-21-15-24(32)10-12-26(21)31)19-39-29-13-9-22(16-27(29)34)30(36)33-40(20,37)38/h3,7,9-10,12-13,15-16,20,23,25,28,35H,2,4-6,8,11,14,17-19H2,1H3,(H,33,36)/b7-3+/t20-,23-,25+,28-,31-/m0/s1. The van der Waals surface area contributed by atoms with Gasteiger partial charge in [0.1, 0.15) is 5.75 Å². The second-order valence-electron chi connectivity index (χ2n) is 12.1. The molecule has 9 heteroatoms. The van der Waals surface area contributed by atoms with Crippen LogP contribution in [0.4, 0.5) is 5.69 Å². The number of fused-ring (bicyclic) bond motifs is 4. The number of hydrogen-bond donors (Lipinski definition) is 2. The Kier molecular flexibility index (Phi) is 7.38. The highest BCUT2D eigenvalue weighted by Crippen LogP contribution is 2.46. The van der Waals surface area contributed by atoms with Crippen LogP contribution in [0.25, 0.3) is 0 Å². The normalized spacial score (nSPS) is 32.5. The van der Waals surface area contributed by atoms with Crippen molar-refractivity contribution in [2.75, 3.05) is 24.6 Å². The number of ether oxygens (including phenoxy) is 1. The average Bonchev–Trinajstić information content (AvgIpc) is 3.05. The summed E-state index contributed by atoms with van der Waals surface area (Å²) in [5.41, 5.74) is 3.33. The third-order valence-corrected chi connectivity index (χ3v) is 11.5. The number of halogens is 1. The Morgan fingerprint density at radius 2 is 2.00 bits per heavy atom. The average molecular weight is 585 g/mol. The van der Waals surface area contributed by atoms with E-state index in [4.69, 9.17) is 16.3 Å². The molecule has 0 radical (unpaired) electrons. The Balaban J connectivity index is 1.42. The smallest absolute Gasteiger partial charge is 0.264 e. The maximum atomic E-state index is 13.2. The Morgan fingerprint density at radius 3 is 2.80 bits per heavy atom. The van der Waals surface area contributed by atoms with Gasteiger partial charge in [0.15, 0.2) is 0 Å². The lowest BCUT2D eigenvalue weighted by Crippen LogP contribution is -2.49. The van der Waals surface area contributed by atoms with Gasteiger partial charge in [0.2, 0.25) is 10.0 Å². The van der Waals surface area contributed by atoms with Gasteiger partial charge >= 0.3 is 0 Å². The summed E-state index contributed by atoms with van der Waals surface area (Å²) in [7, 11) is -3.86. The number of sulfonamides is 1. The molecule has 0 unspecified atom stereocenters. The minimum Gasteiger partial charge on any atom is -0.490 e. The number of carbonyl (C=O) groups excluding carboxylic acids is 1. The van der Waals surface area contributed by atoms with Gasteiger partial charge in [-0.1, -0.05) is 29.8 Å². The summed E-state index contributed by atoms with van der Waals surface area (Å²) in [6.45, 7) is 3.52. The molecule has 214 valence electrons. The molecule has 2 N–H and O–H groups in total. The van der Waals surface area contributed by atoms with Gasteiger partial charge in [-0.15, -0.1) is 0 Å². The summed E-state index contributed by atoms with van der Waals surface area (Å²) in [6, 6.07) is 11.4. The molecule has 4 aliphatic rings. The summed E-state index contributed by atoms with van der Waals surface area (Å²) in [5, 5.41) is 11.0. The number of nitrogens with one attached hydrogen (secondary N) is 1. The molecule has 6 rings (SSSR count). The Bertz CT molecular complexity index is 1440. The van der Waals surface area contributed by atoms with E-state index < -0.39 is 27.3 Å². The monoisotopic (exact) mass is 584 g/mol. The van der Waals surface area contributed by atoms with Gasteiger partial charge in [0.05, 0.1) is 23.6 Å². The van der Waals surface area contributed by atoms with Crippen LogP contribution in [0.2, 0.25) is 5.02 Å². The van der Waals surface area contributed by atoms with Crippen molar-refractivity contribution in [3.63, 3.8) is 0 Å². The summed E-state index contributed by atoms with van der Waals surface area (Å²) < 4.78 is 34.6. The third-order valence-electron chi connectivity index (χ3n) is 9.51. The second-order valence-corrected chi connectivity index (χ2v) is 14.6. The van der Waals surface area contributed by atoms with Crippen LogP contribution in [0.5, 0.6) is 5.75 Å². The number of benzene rings is 2. The predicted molar refractivity (Wildman–Crippen MR) is 157 cm³/mol. The quantitative estimate of drug-likeness (QED) is 0.423. The highest BCUT2D eigenvalue weighted by molar-refractivity contribution is 7.90. The van der Waals surface area contributed by atoms with Crippen molar-refractivity contribution in [2.45, 2.75) is 68.6 Å². The number of nitrogens with zero attached hydrogens (tertiary/aromatic N) is 1. The molecular weight excluding hydrogens is 548 g/mol. The minimum atomic E-state index is -3.86. The van der Waals surface area contributed by atoms with Crippen LogP contribution in [0.3, 0.4) is 0 Å². The molecule has 5 atom stereocenters. The minimum absolute atomic E-state index is 0.137. The fourth-order valence-electron chi connectivity index (χ4n) is 6.96. The molecule has 2 bridgehead atoms. The summed E-state index contributed by atoms with van der Waals surface area (Å²) in [5.74, 6) is 0.479. The molecule has 1 amide bonds. The zero-order valence-corrected chi connectivity index (χ0v) is 24.4. The largest absolute Gasteiger partial charge is 0.490 e. The molecule has 7 nitrogen and oxygen atoms in total. The molecule has 2 aromatic rings. The van der Waals surface area contributed by atoms with Crippen molar-refractivity contribution in [1.82, 2.24) is 4.72 Å². The maximum Gasteiger partial charge on any atom is 0.264 e. The van der Waals surface area contributed by atoms with Crippen molar-refractivity contribution in [3.05, 3.63) is 70.3 Å². The van der Waals surface area contributed by atoms with E-state index in [1.165, 1.54) is 11.1 Å². The molecule has 2 heterocycles. The molecule has 1 saturated carbocycles. The van der Waals surface area contributed by atoms with E-state index in [1.807, 2.05) is 18.2 Å². The lowest BCUT2D eigenvalue weighted by atomic mass is 9.68. The highest BCUT2D eigenvalue weighted by Gasteiger charge is 2.44. The lowest BCUT2D eigenvalue weighted by molar-refractivity contribution is 0.0456. The van der Waals surface area contributed by atoms with Crippen molar-refractivity contribution < 1.29 is 23.1 Å². The molecule has 0 saturated heterocycles. The maximum absolute atomic E-state index is 13.2. The van der Waals surface area contributed by atoms with E-state index in [0.717, 1.165) is 49.4 Å². The van der Waals surface area contributed by atoms with E-state index in [2.05, 4.69) is 21.8 Å². The molecule has 2 aromatic carbocycles. The van der Waals surface area contributed by atoms with E-state index in [-0.39, 0.29) is 16.9 Å². The number of anilines is 1. The van der Waals surface area contributed by atoms with Gasteiger partial charge in [-0.3, -0.25) is 4.79 Å². The first-order valence-electron chi connectivity index (χ1n) is 14.4. The fraction of sp³-hybridized carbons (Fsp3) is 0.516. The zero-order chi connectivity index (χ0) is 28.1. The number of hydrogen-bond acceptors (Lipinski definition) is 6. The van der Waals surface area contributed by atoms with Crippen LogP contribution in [0.15, 0.2) is 48.6 Å². The number of allylic oxidation sites excluding steroid dienone is 1.